The standard InChI is InChI=1S/C23H36N2O4/c1-13(24)12-29-25-14-6-8-22(2)17-7-9-23(3)16(4-5-19(23)27)20(17)21(28)15(11-26)18(22)10-14/h13,15-18,20,26H,4-12,24H2,1-3H3/b25-14-/t13?,15-,16+,17+,18?,20+,22-,23+/m1/s1. The number of nitrogens with two attached hydrogens (primary N) is 1. The fourth-order valence-electron chi connectivity index (χ4n) is 7.29. The van der Waals surface area contributed by atoms with Crippen LogP contribution in [-0.2, 0) is 14.4 Å². The maximum Gasteiger partial charge on any atom is 0.142 e. The molecule has 0 aromatic carbocycles. The lowest BCUT2D eigenvalue weighted by Gasteiger charge is -2.60. The lowest BCUT2D eigenvalue weighted by molar-refractivity contribution is -0.166. The molecule has 0 heterocycles. The number of nitrogens with zero attached hydrogens (tertiary/aromatic N) is 1. The average Bonchev–Trinajstić information content (AvgIpc) is 2.98. The van der Waals surface area contributed by atoms with E-state index in [0.29, 0.717) is 31.1 Å². The third kappa shape index (κ3) is 3.18. The van der Waals surface area contributed by atoms with Crippen molar-refractivity contribution in [3.8, 4) is 0 Å². The predicted octanol–water partition coefficient (Wildman–Crippen LogP) is 2.72. The van der Waals surface area contributed by atoms with E-state index in [1.165, 1.54) is 0 Å². The van der Waals surface area contributed by atoms with Crippen LogP contribution in [0.5, 0.6) is 0 Å². The molecule has 0 radical (unpaired) electrons. The van der Waals surface area contributed by atoms with Gasteiger partial charge in [-0.05, 0) is 68.6 Å². The Balaban J connectivity index is 1.62. The van der Waals surface area contributed by atoms with Crippen molar-refractivity contribution >= 4 is 17.3 Å². The maximum absolute atomic E-state index is 13.6. The number of carbonyl (C=O) groups excluding carboxylic acids is 2. The number of aliphatic hydroxyl groups excluding tert-OH is 1. The number of oxime groups is 1. The Hall–Kier alpha value is -1.27. The van der Waals surface area contributed by atoms with Gasteiger partial charge in [0.25, 0.3) is 0 Å². The van der Waals surface area contributed by atoms with Crippen molar-refractivity contribution in [1.29, 1.82) is 0 Å². The van der Waals surface area contributed by atoms with E-state index in [2.05, 4.69) is 19.0 Å². The summed E-state index contributed by atoms with van der Waals surface area (Å²) in [4.78, 5) is 31.7. The number of ketones is 2. The van der Waals surface area contributed by atoms with Crippen LogP contribution in [0.25, 0.3) is 0 Å². The lowest BCUT2D eigenvalue weighted by atomic mass is 9.43. The van der Waals surface area contributed by atoms with E-state index in [9.17, 15) is 14.7 Å². The summed E-state index contributed by atoms with van der Waals surface area (Å²) in [5, 5.41) is 14.5. The molecule has 3 N–H and O–H groups in total. The van der Waals surface area contributed by atoms with Crippen LogP contribution in [-0.4, -0.2) is 41.6 Å². The molecule has 0 amide bonds. The van der Waals surface area contributed by atoms with E-state index < -0.39 is 0 Å². The van der Waals surface area contributed by atoms with E-state index in [0.717, 1.165) is 37.8 Å². The highest BCUT2D eigenvalue weighted by atomic mass is 16.6. The molecule has 29 heavy (non-hydrogen) atoms. The van der Waals surface area contributed by atoms with Crippen LogP contribution in [0.2, 0.25) is 0 Å². The minimum Gasteiger partial charge on any atom is -0.396 e. The number of carbonyl (C=O) groups is 2. The van der Waals surface area contributed by atoms with Crippen LogP contribution in [0.1, 0.15) is 65.7 Å². The molecule has 2 unspecified atom stereocenters. The first-order chi connectivity index (χ1) is 13.7. The number of hydrogen-bond donors (Lipinski definition) is 2. The molecule has 0 spiro atoms. The normalized spacial score (nSPS) is 46.8. The summed E-state index contributed by atoms with van der Waals surface area (Å²) in [6, 6.07) is -0.0684. The van der Waals surface area contributed by atoms with Gasteiger partial charge in [0.05, 0.1) is 12.3 Å². The number of aliphatic hydroxyl groups is 1. The molecule has 0 saturated heterocycles. The van der Waals surface area contributed by atoms with Gasteiger partial charge in [-0.15, -0.1) is 0 Å². The van der Waals surface area contributed by atoms with Crippen LogP contribution in [0.3, 0.4) is 0 Å². The molecule has 6 heteroatoms. The molecule has 8 atom stereocenters. The number of fused-ring (bicyclic) bond motifs is 5. The summed E-state index contributed by atoms with van der Waals surface area (Å²) in [5.41, 5.74) is 6.38. The monoisotopic (exact) mass is 404 g/mol. The van der Waals surface area contributed by atoms with Crippen molar-refractivity contribution in [3.63, 3.8) is 0 Å². The van der Waals surface area contributed by atoms with Crippen molar-refractivity contribution in [2.45, 2.75) is 71.8 Å². The van der Waals surface area contributed by atoms with Crippen LogP contribution >= 0.6 is 0 Å². The number of rotatable bonds is 4. The minimum atomic E-state index is -0.363. The van der Waals surface area contributed by atoms with Gasteiger partial charge in [0.2, 0.25) is 0 Å². The number of hydrogen-bond acceptors (Lipinski definition) is 6. The second-order valence-electron chi connectivity index (χ2n) is 10.6. The lowest BCUT2D eigenvalue weighted by Crippen LogP contribution is -2.61. The van der Waals surface area contributed by atoms with E-state index >= 15 is 0 Å². The summed E-state index contributed by atoms with van der Waals surface area (Å²) >= 11 is 0. The second-order valence-corrected chi connectivity index (χ2v) is 10.6. The van der Waals surface area contributed by atoms with Crippen molar-refractivity contribution in [1.82, 2.24) is 0 Å². The first-order valence-corrected chi connectivity index (χ1v) is 11.3. The molecule has 162 valence electrons. The zero-order valence-electron chi connectivity index (χ0n) is 18.0. The van der Waals surface area contributed by atoms with E-state index in [1.807, 2.05) is 6.92 Å². The molecule has 0 bridgehead atoms. The first-order valence-electron chi connectivity index (χ1n) is 11.3. The summed E-state index contributed by atoms with van der Waals surface area (Å²) < 4.78 is 0. The summed E-state index contributed by atoms with van der Waals surface area (Å²) in [6.07, 6.45) is 5.80. The molecule has 4 saturated carbocycles. The van der Waals surface area contributed by atoms with Crippen molar-refractivity contribution in [3.05, 3.63) is 0 Å². The molecule has 0 aromatic rings. The Morgan fingerprint density at radius 3 is 2.62 bits per heavy atom. The van der Waals surface area contributed by atoms with Crippen molar-refractivity contribution < 1.29 is 19.5 Å². The van der Waals surface area contributed by atoms with Gasteiger partial charge in [-0.1, -0.05) is 19.0 Å². The Kier molecular flexibility index (Phi) is 5.39. The van der Waals surface area contributed by atoms with Gasteiger partial charge in [0.15, 0.2) is 0 Å². The number of Topliss-reactive ketones (excluding diaryl/α,β-unsaturated/α-hetero) is 2. The largest absolute Gasteiger partial charge is 0.396 e. The van der Waals surface area contributed by atoms with Crippen LogP contribution in [0, 0.1) is 40.4 Å². The van der Waals surface area contributed by atoms with Gasteiger partial charge in [-0.2, -0.15) is 0 Å². The quantitative estimate of drug-likeness (QED) is 0.702. The van der Waals surface area contributed by atoms with Crippen LogP contribution in [0.4, 0.5) is 0 Å². The third-order valence-electron chi connectivity index (χ3n) is 8.99. The molecule has 4 rings (SSSR count). The maximum atomic E-state index is 13.6. The molecular formula is C23H36N2O4. The summed E-state index contributed by atoms with van der Waals surface area (Å²) in [7, 11) is 0. The smallest absolute Gasteiger partial charge is 0.142 e. The molecule has 4 fully saturated rings. The van der Waals surface area contributed by atoms with Gasteiger partial charge < -0.3 is 15.7 Å². The Morgan fingerprint density at radius 1 is 1.17 bits per heavy atom. The molecule has 0 aliphatic heterocycles. The minimum absolute atomic E-state index is 0.000873. The van der Waals surface area contributed by atoms with Gasteiger partial charge in [-0.25, -0.2) is 0 Å². The fourth-order valence-corrected chi connectivity index (χ4v) is 7.29. The topological polar surface area (TPSA) is 102 Å². The Labute approximate surface area is 173 Å². The highest BCUT2D eigenvalue weighted by molar-refractivity contribution is 5.93. The predicted molar refractivity (Wildman–Crippen MR) is 110 cm³/mol. The van der Waals surface area contributed by atoms with Gasteiger partial charge in [0, 0.05) is 29.7 Å². The summed E-state index contributed by atoms with van der Waals surface area (Å²) in [6.45, 7) is 6.55. The van der Waals surface area contributed by atoms with E-state index in [4.69, 9.17) is 10.6 Å². The third-order valence-corrected chi connectivity index (χ3v) is 8.99. The summed E-state index contributed by atoms with van der Waals surface area (Å²) in [5.74, 6) is 0.642. The van der Waals surface area contributed by atoms with Gasteiger partial charge in [0.1, 0.15) is 18.2 Å². The van der Waals surface area contributed by atoms with Crippen LogP contribution < -0.4 is 5.73 Å². The molecule has 4 aliphatic rings. The Morgan fingerprint density at radius 2 is 1.93 bits per heavy atom. The zero-order chi connectivity index (χ0) is 21.0. The SMILES string of the molecule is CC(N)CO/N=C1/CC[C@@]2(C)C(C1)[C@@H](CO)C(=O)[C@@H]1[C@@H]2CC[C@]2(C)C(=O)CC[C@@H]12. The highest BCUT2D eigenvalue weighted by Crippen LogP contribution is 2.65. The van der Waals surface area contributed by atoms with E-state index in [1.54, 1.807) is 0 Å². The second kappa shape index (κ2) is 7.45. The van der Waals surface area contributed by atoms with Crippen LogP contribution in [0.15, 0.2) is 5.16 Å². The fraction of sp³-hybridized carbons (Fsp3) is 0.870. The van der Waals surface area contributed by atoms with E-state index in [-0.39, 0.29) is 52.9 Å². The Bertz CT molecular complexity index is 720. The highest BCUT2D eigenvalue weighted by Gasteiger charge is 2.64. The van der Waals surface area contributed by atoms with Crippen molar-refractivity contribution in [2.75, 3.05) is 13.2 Å². The molecule has 4 aliphatic carbocycles. The van der Waals surface area contributed by atoms with Gasteiger partial charge >= 0.3 is 0 Å². The zero-order valence-corrected chi connectivity index (χ0v) is 18.0. The molecular weight excluding hydrogens is 368 g/mol. The van der Waals surface area contributed by atoms with Crippen molar-refractivity contribution in [2.24, 2.45) is 51.3 Å². The molecule has 6 nitrogen and oxygen atoms in total. The molecule has 0 aromatic heterocycles. The average molecular weight is 405 g/mol. The van der Waals surface area contributed by atoms with Gasteiger partial charge in [-0.3, -0.25) is 9.59 Å². The first kappa shape index (κ1) is 21.0.